The molecule has 5 nitrogen and oxygen atoms in total. The lowest BCUT2D eigenvalue weighted by Crippen LogP contribution is -2.28. The first-order chi connectivity index (χ1) is 6.77. The fourth-order valence-electron chi connectivity index (χ4n) is 1.08. The summed E-state index contributed by atoms with van der Waals surface area (Å²) in [6.45, 7) is 0. The third kappa shape index (κ3) is 1.66. The third-order valence-corrected chi connectivity index (χ3v) is 1.78. The van der Waals surface area contributed by atoms with Gasteiger partial charge in [-0.2, -0.15) is 5.10 Å². The summed E-state index contributed by atoms with van der Waals surface area (Å²) in [7, 11) is -1.49. The van der Waals surface area contributed by atoms with Gasteiger partial charge in [-0.1, -0.05) is 6.07 Å². The van der Waals surface area contributed by atoms with Crippen LogP contribution in [0.15, 0.2) is 36.8 Å². The van der Waals surface area contributed by atoms with E-state index in [9.17, 15) is 0 Å². The number of pyridine rings is 1. The lowest BCUT2D eigenvalue weighted by molar-refractivity contribution is 0.426. The van der Waals surface area contributed by atoms with Crippen molar-refractivity contribution in [3.05, 3.63) is 36.8 Å². The van der Waals surface area contributed by atoms with Crippen LogP contribution in [0.5, 0.6) is 0 Å². The first kappa shape index (κ1) is 8.92. The highest BCUT2D eigenvalue weighted by atomic mass is 16.4. The smallest absolute Gasteiger partial charge is 0.423 e. The summed E-state index contributed by atoms with van der Waals surface area (Å²) in [6.07, 6.45) is 4.55. The quantitative estimate of drug-likeness (QED) is 0.591. The monoisotopic (exact) mass is 189 g/mol. The average Bonchev–Trinajstić information content (AvgIpc) is 2.68. The van der Waals surface area contributed by atoms with Crippen LogP contribution in [0, 0.1) is 0 Å². The Balaban J connectivity index is 2.34. The third-order valence-electron chi connectivity index (χ3n) is 1.78. The summed E-state index contributed by atoms with van der Waals surface area (Å²) in [4.78, 5) is 4.06. The Hall–Kier alpha value is -1.66. The van der Waals surface area contributed by atoms with Gasteiger partial charge in [-0.3, -0.25) is 0 Å². The van der Waals surface area contributed by atoms with E-state index in [1.807, 2.05) is 6.07 Å². The van der Waals surface area contributed by atoms with Gasteiger partial charge in [-0.25, -0.2) is 9.67 Å². The first-order valence-electron chi connectivity index (χ1n) is 4.09. The maximum atomic E-state index is 8.87. The zero-order chi connectivity index (χ0) is 9.97. The first-order valence-corrected chi connectivity index (χ1v) is 4.09. The van der Waals surface area contributed by atoms with Gasteiger partial charge in [0.25, 0.3) is 0 Å². The maximum Gasteiger partial charge on any atom is 0.491 e. The zero-order valence-corrected chi connectivity index (χ0v) is 7.28. The molecule has 2 aromatic rings. The van der Waals surface area contributed by atoms with Crippen LogP contribution in [-0.2, 0) is 0 Å². The van der Waals surface area contributed by atoms with Crippen molar-refractivity contribution >= 4 is 12.6 Å². The zero-order valence-electron chi connectivity index (χ0n) is 7.28. The van der Waals surface area contributed by atoms with Crippen molar-refractivity contribution in [1.29, 1.82) is 0 Å². The Bertz CT molecular complexity index is 416. The molecule has 70 valence electrons. The second kappa shape index (κ2) is 3.61. The van der Waals surface area contributed by atoms with Crippen LogP contribution >= 0.6 is 0 Å². The molecular formula is C8H8BN3O2. The Morgan fingerprint density at radius 2 is 2.14 bits per heavy atom. The van der Waals surface area contributed by atoms with Gasteiger partial charge in [-0.15, -0.1) is 0 Å². The predicted octanol–water partition coefficient (Wildman–Crippen LogP) is -1.05. The van der Waals surface area contributed by atoms with Gasteiger partial charge >= 0.3 is 7.12 Å². The lowest BCUT2D eigenvalue weighted by Gasteiger charge is -1.97. The molecule has 0 unspecified atom stereocenters. The number of hydrogen-bond donors (Lipinski definition) is 2. The highest BCUT2D eigenvalue weighted by Crippen LogP contribution is 1.98. The van der Waals surface area contributed by atoms with Crippen molar-refractivity contribution in [2.24, 2.45) is 0 Å². The van der Waals surface area contributed by atoms with Crippen LogP contribution in [0.1, 0.15) is 0 Å². The molecule has 0 aliphatic heterocycles. The SMILES string of the molecule is OB(O)c1cnn(-c2ccccn2)c1. The van der Waals surface area contributed by atoms with Crippen LogP contribution in [0.25, 0.3) is 5.82 Å². The second-order valence-electron chi connectivity index (χ2n) is 2.78. The molecule has 14 heavy (non-hydrogen) atoms. The van der Waals surface area contributed by atoms with Crippen molar-refractivity contribution in [3.63, 3.8) is 0 Å². The van der Waals surface area contributed by atoms with Gasteiger partial charge in [0.15, 0.2) is 5.82 Å². The van der Waals surface area contributed by atoms with Crippen LogP contribution in [0.3, 0.4) is 0 Å². The van der Waals surface area contributed by atoms with E-state index in [0.29, 0.717) is 11.3 Å². The number of rotatable bonds is 2. The van der Waals surface area contributed by atoms with Crippen LogP contribution in [0.2, 0.25) is 0 Å². The van der Waals surface area contributed by atoms with E-state index >= 15 is 0 Å². The molecule has 2 aromatic heterocycles. The summed E-state index contributed by atoms with van der Waals surface area (Å²) in [5.41, 5.74) is 0.343. The van der Waals surface area contributed by atoms with Crippen molar-refractivity contribution in [1.82, 2.24) is 14.8 Å². The molecule has 0 aliphatic carbocycles. The van der Waals surface area contributed by atoms with Gasteiger partial charge in [0.05, 0.1) is 0 Å². The molecule has 0 aromatic carbocycles. The second-order valence-corrected chi connectivity index (χ2v) is 2.78. The Morgan fingerprint density at radius 3 is 2.71 bits per heavy atom. The Morgan fingerprint density at radius 1 is 1.29 bits per heavy atom. The van der Waals surface area contributed by atoms with E-state index in [1.165, 1.54) is 17.1 Å². The molecule has 0 aliphatic rings. The van der Waals surface area contributed by atoms with Crippen molar-refractivity contribution in [2.45, 2.75) is 0 Å². The topological polar surface area (TPSA) is 71.2 Å². The molecule has 0 bridgehead atoms. The average molecular weight is 189 g/mol. The summed E-state index contributed by atoms with van der Waals surface area (Å²) >= 11 is 0. The molecule has 0 amide bonds. The molecule has 2 heterocycles. The predicted molar refractivity (Wildman–Crippen MR) is 51.2 cm³/mol. The van der Waals surface area contributed by atoms with Crippen molar-refractivity contribution < 1.29 is 10.0 Å². The summed E-state index contributed by atoms with van der Waals surface area (Å²) < 4.78 is 1.48. The Labute approximate surface area is 80.8 Å². The van der Waals surface area contributed by atoms with E-state index in [0.717, 1.165) is 0 Å². The lowest BCUT2D eigenvalue weighted by atomic mass is 9.83. The van der Waals surface area contributed by atoms with Crippen LogP contribution in [0.4, 0.5) is 0 Å². The molecule has 0 spiro atoms. The fraction of sp³-hybridized carbons (Fsp3) is 0. The minimum absolute atomic E-state index is 0.343. The normalized spacial score (nSPS) is 10.1. The molecule has 2 rings (SSSR count). The maximum absolute atomic E-state index is 8.87. The fourth-order valence-corrected chi connectivity index (χ4v) is 1.08. The molecule has 0 fully saturated rings. The van der Waals surface area contributed by atoms with E-state index in [4.69, 9.17) is 10.0 Å². The molecular weight excluding hydrogens is 181 g/mol. The summed E-state index contributed by atoms with van der Waals surface area (Å²) in [5.74, 6) is 0.638. The number of nitrogens with zero attached hydrogens (tertiary/aromatic N) is 3. The Kier molecular flexibility index (Phi) is 2.30. The standard InChI is InChI=1S/C8H8BN3O2/c13-9(14)7-5-11-12(6-7)8-3-1-2-4-10-8/h1-6,13-14H. The molecule has 0 radical (unpaired) electrons. The van der Waals surface area contributed by atoms with Crippen molar-refractivity contribution in [2.75, 3.05) is 0 Å². The minimum Gasteiger partial charge on any atom is -0.423 e. The molecule has 0 saturated carbocycles. The van der Waals surface area contributed by atoms with E-state index < -0.39 is 7.12 Å². The van der Waals surface area contributed by atoms with Crippen molar-refractivity contribution in [3.8, 4) is 5.82 Å². The number of aromatic nitrogens is 3. The largest absolute Gasteiger partial charge is 0.491 e. The van der Waals surface area contributed by atoms with Gasteiger partial charge in [-0.05, 0) is 12.1 Å². The molecule has 6 heteroatoms. The van der Waals surface area contributed by atoms with E-state index in [1.54, 1.807) is 18.3 Å². The molecule has 2 N–H and O–H groups in total. The van der Waals surface area contributed by atoms with Gasteiger partial charge in [0.2, 0.25) is 0 Å². The van der Waals surface area contributed by atoms with E-state index in [2.05, 4.69) is 10.1 Å². The highest BCUT2D eigenvalue weighted by molar-refractivity contribution is 6.58. The van der Waals surface area contributed by atoms with Crippen LogP contribution < -0.4 is 5.46 Å². The summed E-state index contributed by atoms with van der Waals surface area (Å²) in [6, 6.07) is 5.41. The van der Waals surface area contributed by atoms with Gasteiger partial charge in [0, 0.05) is 24.1 Å². The molecule has 0 atom stereocenters. The highest BCUT2D eigenvalue weighted by Gasteiger charge is 2.13. The minimum atomic E-state index is -1.49. The van der Waals surface area contributed by atoms with Crippen LogP contribution in [-0.4, -0.2) is 31.9 Å². The van der Waals surface area contributed by atoms with Gasteiger partial charge < -0.3 is 10.0 Å². The number of hydrogen-bond acceptors (Lipinski definition) is 4. The summed E-state index contributed by atoms with van der Waals surface area (Å²) in [5, 5.41) is 21.7. The van der Waals surface area contributed by atoms with Gasteiger partial charge in [0.1, 0.15) is 0 Å². The van der Waals surface area contributed by atoms with E-state index in [-0.39, 0.29) is 0 Å². The molecule has 0 saturated heterocycles.